The van der Waals surface area contributed by atoms with E-state index in [1.807, 2.05) is 12.1 Å². The molecule has 0 N–H and O–H groups in total. The number of nitrogens with zero attached hydrogens (tertiary/aromatic N) is 1. The molecule has 1 aromatic heterocycles. The molecule has 2 atom stereocenters. The molecule has 1 aliphatic heterocycles. The van der Waals surface area contributed by atoms with Crippen molar-refractivity contribution in [3.8, 4) is 11.5 Å². The number of esters is 2. The molecule has 2 unspecified atom stereocenters. The minimum atomic E-state index is -1.04. The Morgan fingerprint density at radius 2 is 1.87 bits per heavy atom. The first-order chi connectivity index (χ1) is 15.0. The van der Waals surface area contributed by atoms with Crippen molar-refractivity contribution in [2.24, 2.45) is 0 Å². The number of halogens is 1. The van der Waals surface area contributed by atoms with Crippen LogP contribution in [0.3, 0.4) is 0 Å². The van der Waals surface area contributed by atoms with E-state index in [1.165, 1.54) is 0 Å². The second-order valence-corrected chi connectivity index (χ2v) is 7.67. The summed E-state index contributed by atoms with van der Waals surface area (Å²) in [6.45, 7) is 1.73. The number of carbonyl (C=O) groups excluding carboxylic acids is 2. The van der Waals surface area contributed by atoms with Gasteiger partial charge in [-0.25, -0.2) is 9.78 Å². The normalized spacial score (nSPS) is 16.1. The molecule has 0 bridgehead atoms. The van der Waals surface area contributed by atoms with Gasteiger partial charge in [-0.3, -0.25) is 4.79 Å². The van der Waals surface area contributed by atoms with Crippen LogP contribution in [0.1, 0.15) is 40.6 Å². The molecule has 0 radical (unpaired) electrons. The van der Waals surface area contributed by atoms with Crippen LogP contribution >= 0.6 is 11.6 Å². The summed E-state index contributed by atoms with van der Waals surface area (Å²) in [5, 5.41) is 0.630. The van der Waals surface area contributed by atoms with Crippen LogP contribution in [0.2, 0.25) is 5.02 Å². The average Bonchev–Trinajstić information content (AvgIpc) is 3.34. The molecule has 0 spiro atoms. The van der Waals surface area contributed by atoms with E-state index in [9.17, 15) is 9.59 Å². The summed E-state index contributed by atoms with van der Waals surface area (Å²) in [4.78, 5) is 29.2. The zero-order valence-electron chi connectivity index (χ0n) is 16.4. The minimum Gasteiger partial charge on any atom is -0.436 e. The highest BCUT2D eigenvalue weighted by atomic mass is 35.5. The smallest absolute Gasteiger partial charge is 0.342 e. The minimum absolute atomic E-state index is 0.409. The van der Waals surface area contributed by atoms with Gasteiger partial charge in [-0.05, 0) is 55.0 Å². The first kappa shape index (κ1) is 19.3. The molecular weight excluding hydrogens is 418 g/mol. The van der Waals surface area contributed by atoms with Gasteiger partial charge < -0.3 is 13.9 Å². The zero-order chi connectivity index (χ0) is 21.5. The fourth-order valence-corrected chi connectivity index (χ4v) is 3.60. The van der Waals surface area contributed by atoms with Crippen molar-refractivity contribution in [3.05, 3.63) is 88.4 Å². The Morgan fingerprint density at radius 3 is 2.68 bits per heavy atom. The maximum Gasteiger partial charge on any atom is 0.342 e. The Balaban J connectivity index is 1.37. The standard InChI is InChI=1S/C24H16ClNO5/c1-13(22(27)30-24-18-5-3-2-4-17(18)23(28)31-24)15-8-11-20-19(12-15)26-21(29-20)14-6-9-16(25)10-7-14/h2-13,24H,1H3. The Hall–Kier alpha value is -3.64. The maximum absolute atomic E-state index is 12.7. The second-order valence-electron chi connectivity index (χ2n) is 7.24. The molecule has 0 saturated heterocycles. The predicted octanol–water partition coefficient (Wildman–Crippen LogP) is 5.66. The van der Waals surface area contributed by atoms with Crippen LogP contribution in [-0.2, 0) is 14.3 Å². The third-order valence-electron chi connectivity index (χ3n) is 5.23. The van der Waals surface area contributed by atoms with Crippen LogP contribution in [0, 0.1) is 0 Å². The molecule has 0 fully saturated rings. The fourth-order valence-electron chi connectivity index (χ4n) is 3.47. The first-order valence-electron chi connectivity index (χ1n) is 9.66. The van der Waals surface area contributed by atoms with Gasteiger partial charge in [0.15, 0.2) is 5.58 Å². The summed E-state index contributed by atoms with van der Waals surface area (Å²) in [6.07, 6.45) is -1.04. The van der Waals surface area contributed by atoms with Crippen LogP contribution < -0.4 is 0 Å². The number of fused-ring (bicyclic) bond motifs is 2. The van der Waals surface area contributed by atoms with Crippen molar-refractivity contribution in [1.82, 2.24) is 4.98 Å². The molecule has 0 aliphatic carbocycles. The molecule has 154 valence electrons. The van der Waals surface area contributed by atoms with E-state index in [-0.39, 0.29) is 0 Å². The van der Waals surface area contributed by atoms with E-state index >= 15 is 0 Å². The number of oxazole rings is 1. The van der Waals surface area contributed by atoms with Crippen molar-refractivity contribution in [1.29, 1.82) is 0 Å². The molecule has 2 heterocycles. The van der Waals surface area contributed by atoms with Crippen molar-refractivity contribution >= 4 is 34.6 Å². The number of ether oxygens (including phenoxy) is 2. The number of hydrogen-bond acceptors (Lipinski definition) is 6. The lowest BCUT2D eigenvalue weighted by Crippen LogP contribution is -2.17. The lowest BCUT2D eigenvalue weighted by molar-refractivity contribution is -0.169. The van der Waals surface area contributed by atoms with E-state index in [2.05, 4.69) is 4.98 Å². The second kappa shape index (κ2) is 7.56. The molecule has 6 nitrogen and oxygen atoms in total. The van der Waals surface area contributed by atoms with E-state index in [0.29, 0.717) is 38.7 Å². The molecule has 0 amide bonds. The summed E-state index contributed by atoms with van der Waals surface area (Å²) >= 11 is 5.94. The summed E-state index contributed by atoms with van der Waals surface area (Å²) < 4.78 is 16.5. The summed E-state index contributed by atoms with van der Waals surface area (Å²) in [6, 6.07) is 19.4. The molecule has 4 aromatic rings. The number of rotatable bonds is 4. The van der Waals surface area contributed by atoms with Crippen molar-refractivity contribution in [2.75, 3.05) is 0 Å². The number of carbonyl (C=O) groups is 2. The lowest BCUT2D eigenvalue weighted by Gasteiger charge is -2.16. The third kappa shape index (κ3) is 3.55. The molecule has 0 saturated carbocycles. The Bertz CT molecular complexity index is 1310. The molecule has 3 aromatic carbocycles. The van der Waals surface area contributed by atoms with Gasteiger partial charge >= 0.3 is 11.9 Å². The molecule has 5 rings (SSSR count). The highest BCUT2D eigenvalue weighted by Gasteiger charge is 2.34. The highest BCUT2D eigenvalue weighted by molar-refractivity contribution is 6.30. The van der Waals surface area contributed by atoms with Gasteiger partial charge in [-0.2, -0.15) is 0 Å². The lowest BCUT2D eigenvalue weighted by atomic mass is 10.0. The largest absolute Gasteiger partial charge is 0.436 e. The van der Waals surface area contributed by atoms with Crippen molar-refractivity contribution in [3.63, 3.8) is 0 Å². The van der Waals surface area contributed by atoms with Gasteiger partial charge in [0.05, 0.1) is 11.5 Å². The van der Waals surface area contributed by atoms with Crippen molar-refractivity contribution < 1.29 is 23.5 Å². The number of hydrogen-bond donors (Lipinski definition) is 0. The first-order valence-corrected chi connectivity index (χ1v) is 10.0. The van der Waals surface area contributed by atoms with E-state index in [0.717, 1.165) is 5.56 Å². The summed E-state index contributed by atoms with van der Waals surface area (Å²) in [5.41, 5.74) is 3.70. The quantitative estimate of drug-likeness (QED) is 0.386. The molecule has 7 heteroatoms. The van der Waals surface area contributed by atoms with E-state index in [4.69, 9.17) is 25.5 Å². The van der Waals surface area contributed by atoms with Gasteiger partial charge in [0.25, 0.3) is 6.29 Å². The van der Waals surface area contributed by atoms with Crippen molar-refractivity contribution in [2.45, 2.75) is 19.1 Å². The zero-order valence-corrected chi connectivity index (χ0v) is 17.1. The number of cyclic esters (lactones) is 1. The van der Waals surface area contributed by atoms with Gasteiger partial charge in [-0.15, -0.1) is 0 Å². The monoisotopic (exact) mass is 433 g/mol. The van der Waals surface area contributed by atoms with E-state index in [1.54, 1.807) is 61.5 Å². The summed E-state index contributed by atoms with van der Waals surface area (Å²) in [7, 11) is 0. The SMILES string of the molecule is CC(C(=O)OC1OC(=O)c2ccccc21)c1ccc2oc(-c3ccc(Cl)cc3)nc2c1. The van der Waals surface area contributed by atoms with Crippen LogP contribution in [-0.4, -0.2) is 16.9 Å². The van der Waals surface area contributed by atoms with Crippen LogP contribution in [0.25, 0.3) is 22.6 Å². The highest BCUT2D eigenvalue weighted by Crippen LogP contribution is 2.33. The molecule has 31 heavy (non-hydrogen) atoms. The van der Waals surface area contributed by atoms with Gasteiger partial charge in [0, 0.05) is 16.1 Å². The van der Waals surface area contributed by atoms with Gasteiger partial charge in [0.2, 0.25) is 5.89 Å². The topological polar surface area (TPSA) is 78.6 Å². The average molecular weight is 434 g/mol. The Kier molecular flexibility index (Phi) is 4.71. The van der Waals surface area contributed by atoms with E-state index < -0.39 is 24.1 Å². The molecular formula is C24H16ClNO5. The Morgan fingerprint density at radius 1 is 1.10 bits per heavy atom. The molecule has 1 aliphatic rings. The fraction of sp³-hybridized carbons (Fsp3) is 0.125. The number of aromatic nitrogens is 1. The van der Waals surface area contributed by atoms with Gasteiger partial charge in [0.1, 0.15) is 5.52 Å². The van der Waals surface area contributed by atoms with Gasteiger partial charge in [-0.1, -0.05) is 35.9 Å². The third-order valence-corrected chi connectivity index (χ3v) is 5.48. The maximum atomic E-state index is 12.7. The van der Waals surface area contributed by atoms with Crippen LogP contribution in [0.5, 0.6) is 0 Å². The Labute approximate surface area is 182 Å². The van der Waals surface area contributed by atoms with Crippen LogP contribution in [0.4, 0.5) is 0 Å². The van der Waals surface area contributed by atoms with Crippen LogP contribution in [0.15, 0.2) is 71.1 Å². The number of benzene rings is 3. The predicted molar refractivity (Wildman–Crippen MR) is 114 cm³/mol. The summed E-state index contributed by atoms with van der Waals surface area (Å²) in [5.74, 6) is -1.13.